The maximum absolute atomic E-state index is 12.6. The Hall–Kier alpha value is 0.934. The average molecular weight is 399 g/mol. The molecule has 0 saturated heterocycles. The Balaban J connectivity index is -0.00000144. The van der Waals surface area contributed by atoms with Gasteiger partial charge in [0.25, 0.3) is 0 Å². The Labute approximate surface area is 213 Å². The summed E-state index contributed by atoms with van der Waals surface area (Å²) < 4.78 is 30.5. The Morgan fingerprint density at radius 1 is 0.680 bits per heavy atom. The Bertz CT molecular complexity index is 719. The zero-order valence-electron chi connectivity index (χ0n) is 18.4. The smallest absolute Gasteiger partial charge is 1.00 e. The number of rotatable bonds is 4. The van der Waals surface area contributed by atoms with Gasteiger partial charge in [0.1, 0.15) is 0 Å². The Kier molecular flexibility index (Phi) is 11.5. The first-order chi connectivity index (χ1) is 10.7. The van der Waals surface area contributed by atoms with Crippen LogP contribution in [0.3, 0.4) is 0 Å². The summed E-state index contributed by atoms with van der Waals surface area (Å²) in [5.41, 5.74) is 5.75. The first-order valence-electron chi connectivity index (χ1n) is 7.38. The van der Waals surface area contributed by atoms with E-state index in [1.807, 2.05) is 65.8 Å². The first-order valence-corrected chi connectivity index (χ1v) is 9.53. The maximum atomic E-state index is 12.6. The van der Waals surface area contributed by atoms with E-state index in [1.165, 1.54) is 0 Å². The van der Waals surface area contributed by atoms with Gasteiger partial charge in [0, 0.05) is 0 Å². The number of aryl methyl sites for hydroxylation is 6. The molecular weight excluding hydrogens is 374 g/mol. The normalized spacial score (nSPS) is 12.7. The molecule has 2 rings (SSSR count). The van der Waals surface area contributed by atoms with Crippen LogP contribution in [0.5, 0.6) is 0 Å². The molecule has 7 heteroatoms. The van der Waals surface area contributed by atoms with Gasteiger partial charge in [-0.3, -0.25) is 0 Å². The van der Waals surface area contributed by atoms with Gasteiger partial charge in [0.05, 0.1) is 9.79 Å². The summed E-state index contributed by atoms with van der Waals surface area (Å²) in [4.78, 5) is 1.21. The van der Waals surface area contributed by atoms with Crippen LogP contribution in [-0.4, -0.2) is 8.42 Å². The third-order valence-corrected chi connectivity index (χ3v) is 6.61. The Morgan fingerprint density at radius 2 is 0.920 bits per heavy atom. The third-order valence-electron chi connectivity index (χ3n) is 3.67. The van der Waals surface area contributed by atoms with Gasteiger partial charge in [0.2, 0.25) is 22.2 Å². The van der Waals surface area contributed by atoms with Crippen molar-refractivity contribution in [2.75, 3.05) is 0 Å². The van der Waals surface area contributed by atoms with E-state index in [4.69, 9.17) is 3.63 Å². The molecule has 0 aliphatic heterocycles. The van der Waals surface area contributed by atoms with Crippen LogP contribution in [0.25, 0.3) is 0 Å². The SMILES string of the molecule is Cc1cc(C)c(S(=O)OS(=O)c2c(C)cc(C)cc2C)c(C)c1.[H-].[H-].[K+].[Li+]. The molecule has 0 amide bonds. The summed E-state index contributed by atoms with van der Waals surface area (Å²) in [6.45, 7) is 11.5. The van der Waals surface area contributed by atoms with Crippen LogP contribution in [-0.2, 0) is 25.8 Å². The topological polar surface area (TPSA) is 43.4 Å². The minimum atomic E-state index is -1.77. The van der Waals surface area contributed by atoms with Crippen molar-refractivity contribution in [2.45, 2.75) is 51.3 Å². The van der Waals surface area contributed by atoms with Crippen molar-refractivity contribution in [3.63, 3.8) is 0 Å². The molecule has 0 saturated carbocycles. The zero-order chi connectivity index (χ0) is 17.3. The molecule has 0 aliphatic rings. The van der Waals surface area contributed by atoms with Gasteiger partial charge in [0.15, 0.2) is 0 Å². The van der Waals surface area contributed by atoms with E-state index in [9.17, 15) is 8.42 Å². The van der Waals surface area contributed by atoms with Crippen molar-refractivity contribution in [3.8, 4) is 0 Å². The van der Waals surface area contributed by atoms with Crippen LogP contribution in [0.15, 0.2) is 34.1 Å². The van der Waals surface area contributed by atoms with Crippen molar-refractivity contribution in [2.24, 2.45) is 0 Å². The third kappa shape index (κ3) is 6.50. The quantitative estimate of drug-likeness (QED) is 0.591. The van der Waals surface area contributed by atoms with Crippen LogP contribution >= 0.6 is 0 Å². The molecule has 0 bridgehead atoms. The van der Waals surface area contributed by atoms with E-state index in [2.05, 4.69) is 0 Å². The van der Waals surface area contributed by atoms with Crippen molar-refractivity contribution in [1.29, 1.82) is 0 Å². The summed E-state index contributed by atoms with van der Waals surface area (Å²) in [6.07, 6.45) is 0. The average Bonchev–Trinajstić information content (AvgIpc) is 2.35. The fourth-order valence-electron chi connectivity index (χ4n) is 2.98. The van der Waals surface area contributed by atoms with Crippen LogP contribution in [0.2, 0.25) is 0 Å². The molecule has 2 aromatic carbocycles. The van der Waals surface area contributed by atoms with Gasteiger partial charge in [-0.1, -0.05) is 35.4 Å². The van der Waals surface area contributed by atoms with Crippen LogP contribution in [0.1, 0.15) is 36.2 Å². The molecule has 3 nitrogen and oxygen atoms in total. The van der Waals surface area contributed by atoms with E-state index < -0.39 is 22.2 Å². The monoisotopic (exact) mass is 398 g/mol. The van der Waals surface area contributed by atoms with Crippen molar-refractivity contribution in [1.82, 2.24) is 0 Å². The van der Waals surface area contributed by atoms with Crippen molar-refractivity contribution in [3.05, 3.63) is 57.6 Å². The van der Waals surface area contributed by atoms with E-state index >= 15 is 0 Å². The molecule has 0 heterocycles. The molecule has 0 fully saturated rings. The predicted molar refractivity (Wildman–Crippen MR) is 97.4 cm³/mol. The molecule has 0 unspecified atom stereocenters. The summed E-state index contributed by atoms with van der Waals surface area (Å²) in [7, 11) is 0. The largest absolute Gasteiger partial charge is 1.00 e. The van der Waals surface area contributed by atoms with Gasteiger partial charge in [-0.25, -0.2) is 8.42 Å². The van der Waals surface area contributed by atoms with Gasteiger partial charge < -0.3 is 2.85 Å². The number of benzene rings is 2. The fraction of sp³-hybridized carbons (Fsp3) is 0.333. The minimum absolute atomic E-state index is 0. The van der Waals surface area contributed by atoms with Crippen molar-refractivity contribution >= 4 is 22.2 Å². The summed E-state index contributed by atoms with van der Waals surface area (Å²) in [5, 5.41) is 0. The fourth-order valence-corrected chi connectivity index (χ4v) is 5.26. The molecule has 0 aromatic heterocycles. The molecule has 25 heavy (non-hydrogen) atoms. The first kappa shape index (κ1) is 25.9. The van der Waals surface area contributed by atoms with Crippen LogP contribution in [0.4, 0.5) is 0 Å². The van der Waals surface area contributed by atoms with E-state index in [0.717, 1.165) is 33.4 Å². The number of hydrogen-bond acceptors (Lipinski definition) is 3. The maximum Gasteiger partial charge on any atom is 1.00 e. The predicted octanol–water partition coefficient (Wildman–Crippen LogP) is -1.47. The van der Waals surface area contributed by atoms with Gasteiger partial charge in [-0.2, -0.15) is 3.63 Å². The summed E-state index contributed by atoms with van der Waals surface area (Å²) >= 11 is -3.53. The molecule has 0 radical (unpaired) electrons. The minimum Gasteiger partial charge on any atom is -1.00 e. The van der Waals surface area contributed by atoms with E-state index in [-0.39, 0.29) is 73.1 Å². The second-order valence-corrected chi connectivity index (χ2v) is 8.29. The van der Waals surface area contributed by atoms with Crippen molar-refractivity contribution < 1.29 is 85.1 Å². The van der Waals surface area contributed by atoms with Crippen LogP contribution in [0, 0.1) is 41.5 Å². The van der Waals surface area contributed by atoms with Gasteiger partial charge in [-0.15, -0.1) is 0 Å². The van der Waals surface area contributed by atoms with E-state index in [1.54, 1.807) is 0 Å². The molecule has 2 aromatic rings. The summed E-state index contributed by atoms with van der Waals surface area (Å²) in [6, 6.07) is 7.81. The zero-order valence-corrected chi connectivity index (χ0v) is 21.1. The number of hydrogen-bond donors (Lipinski definition) is 0. The van der Waals surface area contributed by atoms with Gasteiger partial charge >= 0.3 is 70.2 Å². The second-order valence-electron chi connectivity index (χ2n) is 5.99. The Morgan fingerprint density at radius 3 is 1.16 bits per heavy atom. The molecule has 0 spiro atoms. The molecule has 128 valence electrons. The molecule has 0 aliphatic carbocycles. The van der Waals surface area contributed by atoms with E-state index in [0.29, 0.717) is 9.79 Å². The van der Waals surface area contributed by atoms with Gasteiger partial charge in [-0.05, 0) is 63.8 Å². The van der Waals surface area contributed by atoms with Crippen LogP contribution < -0.4 is 70.2 Å². The molecule has 0 atom stereocenters. The summed E-state index contributed by atoms with van der Waals surface area (Å²) in [5.74, 6) is 0. The molecule has 0 N–H and O–H groups in total. The molecular formula is C18H24KLiO3S2. The standard InChI is InChI=1S/C18H22O3S2.K.Li.2H/c1-11-7-13(3)17(14(4)8-11)22(19)21-23(20)18-15(5)9-12(2)10-16(18)6;;;;/h7-10H,1-6H3;;;;/q;2*+1;2*-1. The second kappa shape index (κ2) is 11.1.